The summed E-state index contributed by atoms with van der Waals surface area (Å²) in [6.07, 6.45) is 12.9. The second-order valence-corrected chi connectivity index (χ2v) is 8.05. The van der Waals surface area contributed by atoms with Crippen LogP contribution in [0.4, 0.5) is 11.5 Å². The molecule has 0 atom stereocenters. The number of aliphatic imine (C=N–C) groups is 1. The number of nitrogen functional groups attached to an aromatic ring is 1. The molecule has 0 amide bonds. The third-order valence-corrected chi connectivity index (χ3v) is 5.88. The maximum atomic E-state index is 5.77. The van der Waals surface area contributed by atoms with Gasteiger partial charge in [0.25, 0.3) is 0 Å². The van der Waals surface area contributed by atoms with Crippen LogP contribution >= 0.6 is 0 Å². The number of allylic oxidation sites excluding steroid dienone is 2. The molecule has 0 saturated carbocycles. The molecule has 0 aliphatic carbocycles. The molecule has 2 aliphatic rings. The molecule has 4 N–H and O–H groups in total. The summed E-state index contributed by atoms with van der Waals surface area (Å²) in [5.74, 6) is 1.57. The van der Waals surface area contributed by atoms with E-state index < -0.39 is 0 Å². The molecule has 6 heteroatoms. The van der Waals surface area contributed by atoms with Crippen molar-refractivity contribution < 1.29 is 0 Å². The van der Waals surface area contributed by atoms with Gasteiger partial charge in [-0.2, -0.15) is 0 Å². The molecular formula is C26H30N6. The topological polar surface area (TPSA) is 88.2 Å². The summed E-state index contributed by atoms with van der Waals surface area (Å²) in [5, 5.41) is 8.66. The molecule has 32 heavy (non-hydrogen) atoms. The van der Waals surface area contributed by atoms with Gasteiger partial charge in [0.05, 0.1) is 11.4 Å². The zero-order valence-corrected chi connectivity index (χ0v) is 18.5. The lowest BCUT2D eigenvalue weighted by Crippen LogP contribution is -2.31. The van der Waals surface area contributed by atoms with E-state index in [0.29, 0.717) is 5.69 Å². The van der Waals surface area contributed by atoms with Gasteiger partial charge in [0.1, 0.15) is 5.82 Å². The number of nitrogens with two attached hydrogens (primary N) is 1. The van der Waals surface area contributed by atoms with E-state index in [0.717, 1.165) is 58.8 Å². The van der Waals surface area contributed by atoms with Crippen molar-refractivity contribution in [3.63, 3.8) is 0 Å². The minimum absolute atomic E-state index is 0.670. The van der Waals surface area contributed by atoms with Crippen LogP contribution < -0.4 is 16.4 Å². The molecule has 1 fully saturated rings. The van der Waals surface area contributed by atoms with Crippen molar-refractivity contribution >= 4 is 28.0 Å². The molecule has 0 unspecified atom stereocenters. The normalized spacial score (nSPS) is 16.0. The van der Waals surface area contributed by atoms with Gasteiger partial charge in [0, 0.05) is 54.6 Å². The van der Waals surface area contributed by atoms with Crippen molar-refractivity contribution in [2.45, 2.75) is 19.3 Å². The Balaban J connectivity index is 0.000000165. The van der Waals surface area contributed by atoms with Crippen LogP contribution in [0.3, 0.4) is 0 Å². The van der Waals surface area contributed by atoms with Crippen LogP contribution in [0, 0.1) is 5.92 Å². The number of fused-ring (bicyclic) bond motifs is 1. The monoisotopic (exact) mass is 426 g/mol. The van der Waals surface area contributed by atoms with E-state index in [1.54, 1.807) is 6.20 Å². The van der Waals surface area contributed by atoms with Gasteiger partial charge in [-0.3, -0.25) is 9.98 Å². The standard InChI is InChI=1S/C15H14N4.C11H16N2/c1-17-15-6-12-4-10(2-3-11(12)8-19-15)13-5-14(16)9-18-7-13;1-2-10-3-4-11(13-10)9-5-7-12-8-6-9/h2-9H,16H2,1H3,(H,17,19);2-3,9,12H,1,4-8H2. The van der Waals surface area contributed by atoms with E-state index in [1.165, 1.54) is 18.6 Å². The number of aromatic nitrogens is 2. The lowest BCUT2D eigenvalue weighted by Gasteiger charge is -2.22. The molecule has 6 nitrogen and oxygen atoms in total. The van der Waals surface area contributed by atoms with Gasteiger partial charge in [-0.15, -0.1) is 0 Å². The van der Waals surface area contributed by atoms with E-state index in [2.05, 4.69) is 56.4 Å². The average molecular weight is 427 g/mol. The first kappa shape index (κ1) is 21.7. The van der Waals surface area contributed by atoms with Crippen LogP contribution in [-0.4, -0.2) is 35.8 Å². The van der Waals surface area contributed by atoms with E-state index >= 15 is 0 Å². The van der Waals surface area contributed by atoms with E-state index in [4.69, 9.17) is 5.73 Å². The lowest BCUT2D eigenvalue weighted by atomic mass is 9.92. The Morgan fingerprint density at radius 2 is 1.91 bits per heavy atom. The quantitative estimate of drug-likeness (QED) is 0.557. The van der Waals surface area contributed by atoms with Crippen molar-refractivity contribution in [1.29, 1.82) is 0 Å². The number of benzene rings is 1. The summed E-state index contributed by atoms with van der Waals surface area (Å²) < 4.78 is 0. The highest BCUT2D eigenvalue weighted by Gasteiger charge is 2.20. The Morgan fingerprint density at radius 1 is 1.06 bits per heavy atom. The number of piperidine rings is 1. The predicted octanol–water partition coefficient (Wildman–Crippen LogP) is 4.82. The molecule has 1 aromatic carbocycles. The predicted molar refractivity (Wildman–Crippen MR) is 135 cm³/mol. The summed E-state index contributed by atoms with van der Waals surface area (Å²) in [6.45, 7) is 6.03. The van der Waals surface area contributed by atoms with Crippen molar-refractivity contribution in [2.24, 2.45) is 10.9 Å². The molecular weight excluding hydrogens is 396 g/mol. The highest BCUT2D eigenvalue weighted by molar-refractivity contribution is 5.91. The highest BCUT2D eigenvalue weighted by Crippen LogP contribution is 2.26. The first-order chi connectivity index (χ1) is 15.7. The molecule has 2 aromatic heterocycles. The van der Waals surface area contributed by atoms with Crippen LogP contribution in [0.5, 0.6) is 0 Å². The minimum Gasteiger partial charge on any atom is -0.397 e. The fourth-order valence-corrected chi connectivity index (χ4v) is 4.08. The zero-order chi connectivity index (χ0) is 22.3. The SMILES string of the molecule is C=CC1=CCC(C2CCNCC2)=N1.CNc1cc2cc(-c3cncc(N)c3)ccc2cn1. The number of nitrogens with zero attached hydrogens (tertiary/aromatic N) is 3. The van der Waals surface area contributed by atoms with Crippen molar-refractivity contribution in [2.75, 3.05) is 31.2 Å². The van der Waals surface area contributed by atoms with Crippen LogP contribution in [-0.2, 0) is 0 Å². The number of hydrogen-bond acceptors (Lipinski definition) is 6. The van der Waals surface area contributed by atoms with Crippen molar-refractivity contribution in [3.05, 3.63) is 73.4 Å². The van der Waals surface area contributed by atoms with Gasteiger partial charge < -0.3 is 16.4 Å². The number of hydrogen-bond donors (Lipinski definition) is 3. The van der Waals surface area contributed by atoms with E-state index in [-0.39, 0.29) is 0 Å². The average Bonchev–Trinajstić information content (AvgIpc) is 3.34. The summed E-state index contributed by atoms with van der Waals surface area (Å²) in [4.78, 5) is 13.0. The summed E-state index contributed by atoms with van der Waals surface area (Å²) >= 11 is 0. The minimum atomic E-state index is 0.670. The first-order valence-corrected chi connectivity index (χ1v) is 11.1. The third-order valence-electron chi connectivity index (χ3n) is 5.88. The largest absolute Gasteiger partial charge is 0.397 e. The molecule has 0 bridgehead atoms. The Morgan fingerprint density at radius 3 is 2.62 bits per heavy atom. The summed E-state index contributed by atoms with van der Waals surface area (Å²) in [5.41, 5.74) is 11.0. The highest BCUT2D eigenvalue weighted by atomic mass is 14.9. The van der Waals surface area contributed by atoms with Crippen LogP contribution in [0.2, 0.25) is 0 Å². The van der Waals surface area contributed by atoms with Gasteiger partial charge in [-0.05, 0) is 61.2 Å². The lowest BCUT2D eigenvalue weighted by molar-refractivity contribution is 0.454. The van der Waals surface area contributed by atoms with Crippen LogP contribution in [0.1, 0.15) is 19.3 Å². The summed E-state index contributed by atoms with van der Waals surface area (Å²) in [6, 6.07) is 10.2. The maximum absolute atomic E-state index is 5.77. The molecule has 4 heterocycles. The zero-order valence-electron chi connectivity index (χ0n) is 18.5. The molecule has 0 radical (unpaired) electrons. The molecule has 5 rings (SSSR count). The Labute approximate surface area is 189 Å². The Kier molecular flexibility index (Phi) is 6.92. The first-order valence-electron chi connectivity index (χ1n) is 11.1. The smallest absolute Gasteiger partial charge is 0.126 e. The van der Waals surface area contributed by atoms with E-state index in [9.17, 15) is 0 Å². The van der Waals surface area contributed by atoms with Crippen molar-refractivity contribution in [1.82, 2.24) is 15.3 Å². The van der Waals surface area contributed by atoms with Gasteiger partial charge in [0.15, 0.2) is 0 Å². The van der Waals surface area contributed by atoms with E-state index in [1.807, 2.05) is 37.7 Å². The van der Waals surface area contributed by atoms with Crippen LogP contribution in [0.15, 0.2) is 78.3 Å². The van der Waals surface area contributed by atoms with Crippen molar-refractivity contribution in [3.8, 4) is 11.1 Å². The second-order valence-electron chi connectivity index (χ2n) is 8.05. The Hall–Kier alpha value is -3.51. The van der Waals surface area contributed by atoms with Gasteiger partial charge in [-0.1, -0.05) is 24.8 Å². The van der Waals surface area contributed by atoms with Gasteiger partial charge in [0.2, 0.25) is 0 Å². The fourth-order valence-electron chi connectivity index (χ4n) is 4.08. The van der Waals surface area contributed by atoms with Gasteiger partial charge >= 0.3 is 0 Å². The molecule has 3 aromatic rings. The third kappa shape index (κ3) is 5.21. The molecule has 2 aliphatic heterocycles. The maximum Gasteiger partial charge on any atom is 0.126 e. The summed E-state index contributed by atoms with van der Waals surface area (Å²) in [7, 11) is 1.86. The Bertz CT molecular complexity index is 1160. The van der Waals surface area contributed by atoms with Gasteiger partial charge in [-0.25, -0.2) is 4.98 Å². The number of pyridine rings is 2. The number of rotatable bonds is 4. The van der Waals surface area contributed by atoms with Crippen LogP contribution in [0.25, 0.3) is 21.9 Å². The molecule has 1 saturated heterocycles. The fraction of sp³-hybridized carbons (Fsp3) is 0.269. The number of nitrogens with one attached hydrogen (secondary N) is 2. The molecule has 0 spiro atoms. The number of anilines is 2. The second kappa shape index (κ2) is 10.2. The molecule has 164 valence electrons.